The van der Waals surface area contributed by atoms with Crippen LogP contribution in [0.5, 0.6) is 0 Å². The van der Waals surface area contributed by atoms with Crippen LogP contribution in [-0.2, 0) is 9.53 Å². The minimum atomic E-state index is -7.93. The van der Waals surface area contributed by atoms with Gasteiger partial charge in [-0.05, 0) is 6.16 Å². The smallest absolute Gasteiger partial charge is 0.460 e. The van der Waals surface area contributed by atoms with E-state index in [1.165, 1.54) is 0 Å². The average Bonchev–Trinajstić information content (AvgIpc) is 2.50. The third-order valence-electron chi connectivity index (χ3n) is 3.20. The van der Waals surface area contributed by atoms with Crippen LogP contribution in [0.25, 0.3) is 0 Å². The summed E-state index contributed by atoms with van der Waals surface area (Å²) in [5, 5.41) is 0. The molecular formula is C12H12F13O2P. The number of halogens is 13. The van der Waals surface area contributed by atoms with Crippen molar-refractivity contribution in [2.24, 2.45) is 0 Å². The molecule has 0 N–H and O–H groups in total. The molecule has 0 bridgehead atoms. The fraction of sp³-hybridized carbons (Fsp3) is 0.917. The van der Waals surface area contributed by atoms with Gasteiger partial charge in [-0.25, -0.2) is 0 Å². The van der Waals surface area contributed by atoms with E-state index in [1.807, 2.05) is 0 Å². The van der Waals surface area contributed by atoms with Crippen LogP contribution in [0, 0.1) is 0 Å². The van der Waals surface area contributed by atoms with Gasteiger partial charge >= 0.3 is 41.8 Å². The molecule has 168 valence electrons. The van der Waals surface area contributed by atoms with Gasteiger partial charge in [0.2, 0.25) is 0 Å². The number of rotatable bonds is 10. The summed E-state index contributed by atoms with van der Waals surface area (Å²) in [6.07, 6.45) is -9.90. The zero-order valence-electron chi connectivity index (χ0n) is 13.6. The van der Waals surface area contributed by atoms with Crippen molar-refractivity contribution in [3.05, 3.63) is 0 Å². The Bertz CT molecular complexity index is 544. The molecule has 16 heteroatoms. The molecule has 0 aliphatic rings. The van der Waals surface area contributed by atoms with Gasteiger partial charge in [0, 0.05) is 0 Å². The van der Waals surface area contributed by atoms with Gasteiger partial charge in [-0.1, -0.05) is 6.92 Å². The van der Waals surface area contributed by atoms with Crippen LogP contribution in [0.15, 0.2) is 0 Å². The fourth-order valence-corrected chi connectivity index (χ4v) is 2.09. The number of esters is 1. The Balaban J connectivity index is 5.59. The highest BCUT2D eigenvalue weighted by Crippen LogP contribution is 2.60. The summed E-state index contributed by atoms with van der Waals surface area (Å²) in [6.45, 7) is -0.105. The van der Waals surface area contributed by atoms with Gasteiger partial charge in [-0.3, -0.25) is 4.79 Å². The molecule has 0 fully saturated rings. The summed E-state index contributed by atoms with van der Waals surface area (Å²) in [5.74, 6) is -38.3. The summed E-state index contributed by atoms with van der Waals surface area (Å²) in [4.78, 5) is 11.0. The van der Waals surface area contributed by atoms with Crippen LogP contribution in [-0.4, -0.2) is 60.7 Å². The van der Waals surface area contributed by atoms with Crippen LogP contribution in [0.2, 0.25) is 0 Å². The van der Waals surface area contributed by atoms with Gasteiger partial charge in [0.25, 0.3) is 0 Å². The first kappa shape index (κ1) is 27.0. The number of ether oxygens (including phenoxy) is 1. The van der Waals surface area contributed by atoms with Crippen molar-refractivity contribution < 1.29 is 66.6 Å². The summed E-state index contributed by atoms with van der Waals surface area (Å²) < 4.78 is 170. The molecule has 28 heavy (non-hydrogen) atoms. The third kappa shape index (κ3) is 4.76. The maximum absolute atomic E-state index is 13.3. The SMILES string of the molecule is CCPCC(=O)OCCC(F)(F)C(F)(F)C(F)(F)C(F)(F)C(F)(F)C(F)(F)F. The van der Waals surface area contributed by atoms with Crippen molar-refractivity contribution in [3.8, 4) is 0 Å². The molecule has 0 rings (SSSR count). The third-order valence-corrected chi connectivity index (χ3v) is 4.24. The van der Waals surface area contributed by atoms with Crippen molar-refractivity contribution in [1.82, 2.24) is 0 Å². The number of alkyl halides is 13. The lowest BCUT2D eigenvalue weighted by atomic mass is 9.93. The predicted octanol–water partition coefficient (Wildman–Crippen LogP) is 5.36. The van der Waals surface area contributed by atoms with E-state index < -0.39 is 54.8 Å². The summed E-state index contributed by atoms with van der Waals surface area (Å²) >= 11 is 0. The second-order valence-electron chi connectivity index (χ2n) is 5.25. The van der Waals surface area contributed by atoms with E-state index in [2.05, 4.69) is 4.74 Å². The number of hydrogen-bond acceptors (Lipinski definition) is 2. The Labute approximate surface area is 150 Å². The molecule has 0 aliphatic carbocycles. The standard InChI is InChI=1S/C12H12F13O2P/c1-2-28-5-6(26)27-4-3-7(13,14)8(15,16)9(17,18)10(19,20)11(21,22)12(23,24)25/h28H,2-5H2,1H3. The summed E-state index contributed by atoms with van der Waals surface area (Å²) in [5.41, 5.74) is 0. The van der Waals surface area contributed by atoms with Crippen LogP contribution < -0.4 is 0 Å². The molecule has 0 radical (unpaired) electrons. The lowest BCUT2D eigenvalue weighted by molar-refractivity contribution is -0.440. The van der Waals surface area contributed by atoms with E-state index >= 15 is 0 Å². The molecule has 0 aliphatic heterocycles. The quantitative estimate of drug-likeness (QED) is 0.246. The van der Waals surface area contributed by atoms with E-state index in [9.17, 15) is 61.9 Å². The Hall–Kier alpha value is -1.01. The average molecular weight is 466 g/mol. The van der Waals surface area contributed by atoms with Crippen molar-refractivity contribution in [3.63, 3.8) is 0 Å². The summed E-state index contributed by atoms with van der Waals surface area (Å²) in [6, 6.07) is 0. The van der Waals surface area contributed by atoms with E-state index in [0.717, 1.165) is 0 Å². The molecular weight excluding hydrogens is 454 g/mol. The number of carbonyl (C=O) groups excluding carboxylic acids is 1. The normalized spacial score (nSPS) is 15.4. The highest BCUT2D eigenvalue weighted by Gasteiger charge is 2.90. The molecule has 0 heterocycles. The Morgan fingerprint density at radius 3 is 1.57 bits per heavy atom. The van der Waals surface area contributed by atoms with Gasteiger partial charge in [-0.15, -0.1) is 8.58 Å². The lowest BCUT2D eigenvalue weighted by Gasteiger charge is -2.39. The number of hydrogen-bond donors (Lipinski definition) is 0. The molecule has 0 saturated heterocycles. The van der Waals surface area contributed by atoms with E-state index in [1.54, 1.807) is 6.92 Å². The topological polar surface area (TPSA) is 26.3 Å². The maximum Gasteiger partial charge on any atom is 0.460 e. The first-order chi connectivity index (χ1) is 12.2. The van der Waals surface area contributed by atoms with Crippen molar-refractivity contribution in [2.75, 3.05) is 18.9 Å². The van der Waals surface area contributed by atoms with E-state index in [0.29, 0.717) is 6.16 Å². The Morgan fingerprint density at radius 2 is 1.18 bits per heavy atom. The molecule has 0 aromatic carbocycles. The highest BCUT2D eigenvalue weighted by molar-refractivity contribution is 7.39. The molecule has 0 saturated carbocycles. The molecule has 0 spiro atoms. The minimum Gasteiger partial charge on any atom is -0.465 e. The monoisotopic (exact) mass is 466 g/mol. The molecule has 1 atom stereocenters. The molecule has 1 unspecified atom stereocenters. The number of carbonyl (C=O) groups is 1. The van der Waals surface area contributed by atoms with Crippen LogP contribution in [0.4, 0.5) is 57.1 Å². The molecule has 2 nitrogen and oxygen atoms in total. The first-order valence-corrected chi connectivity index (χ1v) is 8.44. The van der Waals surface area contributed by atoms with Crippen molar-refractivity contribution in [2.45, 2.75) is 49.1 Å². The van der Waals surface area contributed by atoms with E-state index in [4.69, 9.17) is 0 Å². The zero-order chi connectivity index (χ0) is 22.8. The van der Waals surface area contributed by atoms with Gasteiger partial charge in [0.1, 0.15) is 0 Å². The fourth-order valence-electron chi connectivity index (χ4n) is 1.53. The lowest BCUT2D eigenvalue weighted by Crippen LogP contribution is -2.70. The van der Waals surface area contributed by atoms with E-state index in [-0.39, 0.29) is 14.7 Å². The van der Waals surface area contributed by atoms with Crippen molar-refractivity contribution in [1.29, 1.82) is 0 Å². The van der Waals surface area contributed by atoms with Crippen LogP contribution in [0.3, 0.4) is 0 Å². The van der Waals surface area contributed by atoms with Gasteiger partial charge < -0.3 is 4.74 Å². The maximum atomic E-state index is 13.3. The predicted molar refractivity (Wildman–Crippen MR) is 70.1 cm³/mol. The molecule has 0 aromatic rings. The first-order valence-electron chi connectivity index (χ1n) is 7.03. The van der Waals surface area contributed by atoms with Gasteiger partial charge in [0.05, 0.1) is 19.2 Å². The largest absolute Gasteiger partial charge is 0.465 e. The Morgan fingerprint density at radius 1 is 0.750 bits per heavy atom. The highest BCUT2D eigenvalue weighted by atomic mass is 31.1. The van der Waals surface area contributed by atoms with Crippen LogP contribution in [0.1, 0.15) is 13.3 Å². The Kier molecular flexibility index (Phi) is 8.08. The van der Waals surface area contributed by atoms with Crippen LogP contribution >= 0.6 is 8.58 Å². The summed E-state index contributed by atoms with van der Waals surface area (Å²) in [7, 11) is -0.0659. The second-order valence-corrected chi connectivity index (χ2v) is 6.81. The van der Waals surface area contributed by atoms with Gasteiger partial charge in [0.15, 0.2) is 0 Å². The minimum absolute atomic E-state index is 0.0659. The van der Waals surface area contributed by atoms with Crippen molar-refractivity contribution >= 4 is 14.6 Å². The molecule has 0 aromatic heterocycles. The molecule has 0 amide bonds. The van der Waals surface area contributed by atoms with Gasteiger partial charge in [-0.2, -0.15) is 57.1 Å². The zero-order valence-corrected chi connectivity index (χ0v) is 14.6. The second kappa shape index (κ2) is 8.39.